The lowest BCUT2D eigenvalue weighted by Gasteiger charge is -2.08. The number of rotatable bonds is 7. The molecular formula is C17H21FN4O2S. The number of thioether (sulfide) groups is 1. The fourth-order valence-corrected chi connectivity index (χ4v) is 3.66. The average molecular weight is 364 g/mol. The SMILES string of the molecule is Cn1c(CCNC(=O)c2ccccc2F)nnc1SCC1CCCO1. The van der Waals surface area contributed by atoms with Gasteiger partial charge in [-0.2, -0.15) is 0 Å². The van der Waals surface area contributed by atoms with E-state index in [0.717, 1.165) is 36.2 Å². The van der Waals surface area contributed by atoms with Crippen LogP contribution in [-0.2, 0) is 18.2 Å². The molecule has 1 aromatic carbocycles. The van der Waals surface area contributed by atoms with Crippen molar-refractivity contribution in [3.8, 4) is 0 Å². The Kier molecular flexibility index (Phi) is 6.04. The van der Waals surface area contributed by atoms with Gasteiger partial charge in [0.15, 0.2) is 5.16 Å². The smallest absolute Gasteiger partial charge is 0.254 e. The number of nitrogens with one attached hydrogen (secondary N) is 1. The summed E-state index contributed by atoms with van der Waals surface area (Å²) in [5.41, 5.74) is 0.0493. The van der Waals surface area contributed by atoms with Crippen molar-refractivity contribution in [2.75, 3.05) is 18.9 Å². The standard InChI is InChI=1S/C17H21FN4O2S/c1-22-15(20-21-17(22)25-11-12-5-4-10-24-12)8-9-19-16(23)13-6-2-3-7-14(13)18/h2-3,6-7,12H,4-5,8-11H2,1H3,(H,19,23). The van der Waals surface area contributed by atoms with Crippen molar-refractivity contribution in [2.24, 2.45) is 7.05 Å². The molecule has 1 aliphatic heterocycles. The number of halogens is 1. The van der Waals surface area contributed by atoms with Crippen LogP contribution in [0.2, 0.25) is 0 Å². The summed E-state index contributed by atoms with van der Waals surface area (Å²) in [6, 6.07) is 5.93. The van der Waals surface area contributed by atoms with Gasteiger partial charge >= 0.3 is 0 Å². The van der Waals surface area contributed by atoms with Crippen LogP contribution in [0, 0.1) is 5.82 Å². The second-order valence-corrected chi connectivity index (χ2v) is 6.88. The molecule has 0 saturated carbocycles. The molecule has 0 radical (unpaired) electrons. The van der Waals surface area contributed by atoms with E-state index >= 15 is 0 Å². The van der Waals surface area contributed by atoms with Gasteiger partial charge in [-0.15, -0.1) is 10.2 Å². The van der Waals surface area contributed by atoms with E-state index in [1.54, 1.807) is 23.9 Å². The van der Waals surface area contributed by atoms with Gasteiger partial charge in [-0.3, -0.25) is 4.79 Å². The third-order valence-electron chi connectivity index (χ3n) is 4.10. The van der Waals surface area contributed by atoms with Gasteiger partial charge in [0.25, 0.3) is 5.91 Å². The number of ether oxygens (including phenoxy) is 1. The number of hydrogen-bond acceptors (Lipinski definition) is 5. The van der Waals surface area contributed by atoms with Gasteiger partial charge in [-0.25, -0.2) is 4.39 Å². The molecule has 1 unspecified atom stereocenters. The number of aromatic nitrogens is 3. The molecule has 8 heteroatoms. The Morgan fingerprint density at radius 2 is 2.28 bits per heavy atom. The van der Waals surface area contributed by atoms with E-state index in [0.29, 0.717) is 19.1 Å². The van der Waals surface area contributed by atoms with E-state index in [1.807, 2.05) is 11.6 Å². The molecule has 1 aromatic heterocycles. The van der Waals surface area contributed by atoms with Crippen molar-refractivity contribution < 1.29 is 13.9 Å². The first kappa shape index (κ1) is 17.9. The molecule has 1 amide bonds. The van der Waals surface area contributed by atoms with Crippen LogP contribution in [0.1, 0.15) is 29.0 Å². The lowest BCUT2D eigenvalue weighted by atomic mass is 10.2. The van der Waals surface area contributed by atoms with Crippen LogP contribution in [0.15, 0.2) is 29.4 Å². The quantitative estimate of drug-likeness (QED) is 0.763. The minimum atomic E-state index is -0.522. The molecule has 3 rings (SSSR count). The van der Waals surface area contributed by atoms with E-state index in [4.69, 9.17) is 4.74 Å². The van der Waals surface area contributed by atoms with Crippen molar-refractivity contribution in [3.05, 3.63) is 41.5 Å². The summed E-state index contributed by atoms with van der Waals surface area (Å²) in [5.74, 6) is 0.708. The minimum absolute atomic E-state index is 0.0493. The Balaban J connectivity index is 1.48. The van der Waals surface area contributed by atoms with Crippen LogP contribution in [0.5, 0.6) is 0 Å². The first-order valence-electron chi connectivity index (χ1n) is 8.30. The molecule has 134 valence electrons. The van der Waals surface area contributed by atoms with Crippen LogP contribution in [0.4, 0.5) is 4.39 Å². The average Bonchev–Trinajstić information content (AvgIpc) is 3.24. The number of nitrogens with zero attached hydrogens (tertiary/aromatic N) is 3. The zero-order chi connectivity index (χ0) is 17.6. The molecule has 1 N–H and O–H groups in total. The van der Waals surface area contributed by atoms with Crippen LogP contribution in [-0.4, -0.2) is 45.7 Å². The highest BCUT2D eigenvalue weighted by Crippen LogP contribution is 2.22. The van der Waals surface area contributed by atoms with E-state index in [9.17, 15) is 9.18 Å². The summed E-state index contributed by atoms with van der Waals surface area (Å²) < 4.78 is 21.1. The van der Waals surface area contributed by atoms with Gasteiger partial charge in [-0.05, 0) is 25.0 Å². The van der Waals surface area contributed by atoms with Crippen molar-refractivity contribution in [1.29, 1.82) is 0 Å². The third-order valence-corrected chi connectivity index (χ3v) is 5.25. The van der Waals surface area contributed by atoms with E-state index in [2.05, 4.69) is 15.5 Å². The summed E-state index contributed by atoms with van der Waals surface area (Å²) in [6.07, 6.45) is 3.05. The number of hydrogen-bond donors (Lipinski definition) is 1. The lowest BCUT2D eigenvalue weighted by Crippen LogP contribution is -2.27. The molecule has 1 fully saturated rings. The lowest BCUT2D eigenvalue weighted by molar-refractivity contribution is 0.0950. The van der Waals surface area contributed by atoms with Gasteiger partial charge in [0.05, 0.1) is 11.7 Å². The Morgan fingerprint density at radius 3 is 3.04 bits per heavy atom. The molecule has 2 heterocycles. The van der Waals surface area contributed by atoms with E-state index < -0.39 is 11.7 Å². The van der Waals surface area contributed by atoms with Crippen molar-refractivity contribution >= 4 is 17.7 Å². The predicted octanol–water partition coefficient (Wildman–Crippen LogP) is 2.20. The largest absolute Gasteiger partial charge is 0.377 e. The van der Waals surface area contributed by atoms with Crippen molar-refractivity contribution in [3.63, 3.8) is 0 Å². The number of benzene rings is 1. The summed E-state index contributed by atoms with van der Waals surface area (Å²) in [6.45, 7) is 1.21. The molecule has 1 atom stereocenters. The molecule has 25 heavy (non-hydrogen) atoms. The first-order valence-corrected chi connectivity index (χ1v) is 9.29. The highest BCUT2D eigenvalue weighted by atomic mass is 32.2. The molecule has 6 nitrogen and oxygen atoms in total. The number of carbonyl (C=O) groups is 1. The molecule has 0 bridgehead atoms. The zero-order valence-corrected chi connectivity index (χ0v) is 14.9. The van der Waals surface area contributed by atoms with Gasteiger partial charge < -0.3 is 14.6 Å². The van der Waals surface area contributed by atoms with Gasteiger partial charge in [-0.1, -0.05) is 23.9 Å². The van der Waals surface area contributed by atoms with Crippen LogP contribution in [0.3, 0.4) is 0 Å². The Labute approximate surface area is 150 Å². The maximum Gasteiger partial charge on any atom is 0.254 e. The molecule has 1 saturated heterocycles. The monoisotopic (exact) mass is 364 g/mol. The minimum Gasteiger partial charge on any atom is -0.377 e. The maximum atomic E-state index is 13.6. The van der Waals surface area contributed by atoms with Crippen LogP contribution < -0.4 is 5.32 Å². The third kappa shape index (κ3) is 4.58. The second kappa shape index (κ2) is 8.44. The molecule has 0 aliphatic carbocycles. The number of carbonyl (C=O) groups excluding carboxylic acids is 1. The Hall–Kier alpha value is -1.93. The zero-order valence-electron chi connectivity index (χ0n) is 14.1. The molecule has 2 aromatic rings. The van der Waals surface area contributed by atoms with Gasteiger partial charge in [0.2, 0.25) is 0 Å². The highest BCUT2D eigenvalue weighted by Gasteiger charge is 2.18. The Morgan fingerprint density at radius 1 is 1.44 bits per heavy atom. The summed E-state index contributed by atoms with van der Waals surface area (Å²) in [5, 5.41) is 11.9. The summed E-state index contributed by atoms with van der Waals surface area (Å²) >= 11 is 1.63. The van der Waals surface area contributed by atoms with E-state index in [1.165, 1.54) is 12.1 Å². The van der Waals surface area contributed by atoms with Crippen LogP contribution in [0.25, 0.3) is 0 Å². The fraction of sp³-hybridized carbons (Fsp3) is 0.471. The first-order chi connectivity index (χ1) is 12.1. The highest BCUT2D eigenvalue weighted by molar-refractivity contribution is 7.99. The fourth-order valence-electron chi connectivity index (χ4n) is 2.66. The topological polar surface area (TPSA) is 69.0 Å². The van der Waals surface area contributed by atoms with Gasteiger partial charge in [0.1, 0.15) is 11.6 Å². The molecule has 1 aliphatic rings. The maximum absolute atomic E-state index is 13.6. The molecular weight excluding hydrogens is 343 g/mol. The van der Waals surface area contributed by atoms with E-state index in [-0.39, 0.29) is 5.56 Å². The van der Waals surface area contributed by atoms with Crippen LogP contribution >= 0.6 is 11.8 Å². The number of amides is 1. The second-order valence-electron chi connectivity index (χ2n) is 5.89. The normalized spacial score (nSPS) is 17.0. The van der Waals surface area contributed by atoms with Crippen molar-refractivity contribution in [1.82, 2.24) is 20.1 Å². The van der Waals surface area contributed by atoms with Gasteiger partial charge in [0, 0.05) is 32.4 Å². The Bertz CT molecular complexity index is 731. The summed E-state index contributed by atoms with van der Waals surface area (Å²) in [4.78, 5) is 12.0. The molecule has 0 spiro atoms. The summed E-state index contributed by atoms with van der Waals surface area (Å²) in [7, 11) is 1.91. The predicted molar refractivity (Wildman–Crippen MR) is 93.1 cm³/mol. The van der Waals surface area contributed by atoms with Crippen molar-refractivity contribution in [2.45, 2.75) is 30.5 Å².